The Morgan fingerprint density at radius 1 is 1.09 bits per heavy atom. The highest BCUT2D eigenvalue weighted by atomic mass is 35.5. The van der Waals surface area contributed by atoms with Crippen LogP contribution in [0.15, 0.2) is 48.5 Å². The summed E-state index contributed by atoms with van der Waals surface area (Å²) < 4.78 is 39.3. The lowest BCUT2D eigenvalue weighted by Gasteiger charge is -2.33. The molecule has 2 aromatic carbocycles. The topological polar surface area (TPSA) is 86.8 Å². The van der Waals surface area contributed by atoms with Gasteiger partial charge in [0.15, 0.2) is 0 Å². The molecular weight excluding hydrogens is 481 g/mol. The Balaban J connectivity index is 2.40. The SMILES string of the molecule is CCCCNC(=O)C(CC)N(Cc1ccccc1Cl)C(=O)CN(c1ccc(F)cc1)S(C)(=O)=O. The number of rotatable bonds is 12. The lowest BCUT2D eigenvalue weighted by atomic mass is 10.1. The maximum atomic E-state index is 13.5. The van der Waals surface area contributed by atoms with Crippen molar-refractivity contribution in [2.45, 2.75) is 45.7 Å². The highest BCUT2D eigenvalue weighted by molar-refractivity contribution is 7.92. The average molecular weight is 512 g/mol. The number of hydrogen-bond donors (Lipinski definition) is 1. The molecule has 0 aliphatic heterocycles. The fraction of sp³-hybridized carbons (Fsp3) is 0.417. The molecule has 0 fully saturated rings. The van der Waals surface area contributed by atoms with Crippen LogP contribution in [0.3, 0.4) is 0 Å². The van der Waals surface area contributed by atoms with Crippen molar-refractivity contribution in [2.24, 2.45) is 0 Å². The molecular formula is C24H31ClFN3O4S. The molecule has 10 heteroatoms. The number of sulfonamides is 1. The normalized spacial score (nSPS) is 12.1. The first-order valence-electron chi connectivity index (χ1n) is 11.1. The van der Waals surface area contributed by atoms with Gasteiger partial charge in [-0.15, -0.1) is 0 Å². The monoisotopic (exact) mass is 511 g/mol. The minimum absolute atomic E-state index is 0.0270. The molecule has 2 rings (SSSR count). The second-order valence-electron chi connectivity index (χ2n) is 7.93. The molecule has 0 bridgehead atoms. The Bertz CT molecular complexity index is 1080. The molecule has 0 aromatic heterocycles. The minimum Gasteiger partial charge on any atom is -0.354 e. The molecule has 0 saturated carbocycles. The van der Waals surface area contributed by atoms with Crippen molar-refractivity contribution < 1.29 is 22.4 Å². The van der Waals surface area contributed by atoms with Crippen LogP contribution in [0.5, 0.6) is 0 Å². The van der Waals surface area contributed by atoms with Gasteiger partial charge in [0.05, 0.1) is 11.9 Å². The van der Waals surface area contributed by atoms with Crippen molar-refractivity contribution in [2.75, 3.05) is 23.7 Å². The summed E-state index contributed by atoms with van der Waals surface area (Å²) >= 11 is 6.31. The molecule has 2 aromatic rings. The van der Waals surface area contributed by atoms with E-state index in [-0.39, 0.29) is 18.1 Å². The summed E-state index contributed by atoms with van der Waals surface area (Å²) in [4.78, 5) is 27.8. The number of nitrogens with one attached hydrogen (secondary N) is 1. The van der Waals surface area contributed by atoms with E-state index >= 15 is 0 Å². The molecule has 7 nitrogen and oxygen atoms in total. The molecule has 0 radical (unpaired) electrons. The maximum absolute atomic E-state index is 13.5. The van der Waals surface area contributed by atoms with Gasteiger partial charge in [-0.25, -0.2) is 12.8 Å². The predicted octanol–water partition coefficient (Wildman–Crippen LogP) is 3.97. The zero-order valence-electron chi connectivity index (χ0n) is 19.6. The second-order valence-corrected chi connectivity index (χ2v) is 10.2. The summed E-state index contributed by atoms with van der Waals surface area (Å²) in [6, 6.07) is 11.0. The smallest absolute Gasteiger partial charge is 0.244 e. The number of hydrogen-bond acceptors (Lipinski definition) is 4. The van der Waals surface area contributed by atoms with E-state index in [0.29, 0.717) is 23.6 Å². The van der Waals surface area contributed by atoms with Crippen LogP contribution in [0.4, 0.5) is 10.1 Å². The minimum atomic E-state index is -3.87. The van der Waals surface area contributed by atoms with Gasteiger partial charge in [-0.2, -0.15) is 0 Å². The van der Waals surface area contributed by atoms with E-state index in [1.165, 1.54) is 17.0 Å². The molecule has 1 atom stereocenters. The fourth-order valence-electron chi connectivity index (χ4n) is 3.46. The fourth-order valence-corrected chi connectivity index (χ4v) is 4.50. The van der Waals surface area contributed by atoms with Gasteiger partial charge in [-0.05, 0) is 48.7 Å². The molecule has 0 spiro atoms. The van der Waals surface area contributed by atoms with Crippen molar-refractivity contribution in [3.8, 4) is 0 Å². The van der Waals surface area contributed by atoms with E-state index in [9.17, 15) is 22.4 Å². The average Bonchev–Trinajstić information content (AvgIpc) is 2.78. The molecule has 186 valence electrons. The summed E-state index contributed by atoms with van der Waals surface area (Å²) in [5.74, 6) is -1.42. The van der Waals surface area contributed by atoms with E-state index in [1.807, 2.05) is 6.92 Å². The standard InChI is InChI=1S/C24H31ClFN3O4S/c1-4-6-15-27-24(31)22(5-2)28(16-18-9-7-8-10-21(18)25)23(30)17-29(34(3,32)33)20-13-11-19(26)12-14-20/h7-14,22H,4-6,15-17H2,1-3H3,(H,27,31). The van der Waals surface area contributed by atoms with Crippen LogP contribution in [0.25, 0.3) is 0 Å². The van der Waals surface area contributed by atoms with Gasteiger partial charge in [-0.3, -0.25) is 13.9 Å². The zero-order valence-corrected chi connectivity index (χ0v) is 21.2. The van der Waals surface area contributed by atoms with E-state index in [2.05, 4.69) is 5.32 Å². The molecule has 1 unspecified atom stereocenters. The van der Waals surface area contributed by atoms with E-state index in [4.69, 9.17) is 11.6 Å². The van der Waals surface area contributed by atoms with E-state index in [0.717, 1.165) is 35.5 Å². The Morgan fingerprint density at radius 2 is 1.74 bits per heavy atom. The number of unbranched alkanes of at least 4 members (excludes halogenated alkanes) is 1. The first-order valence-corrected chi connectivity index (χ1v) is 13.3. The summed E-state index contributed by atoms with van der Waals surface area (Å²) in [6.07, 6.45) is 2.99. The lowest BCUT2D eigenvalue weighted by molar-refractivity contribution is -0.140. The number of halogens is 2. The number of carbonyl (C=O) groups excluding carboxylic acids is 2. The summed E-state index contributed by atoms with van der Waals surface area (Å²) in [5.41, 5.74) is 0.778. The van der Waals surface area contributed by atoms with Gasteiger partial charge in [0.1, 0.15) is 18.4 Å². The van der Waals surface area contributed by atoms with Crippen molar-refractivity contribution in [1.29, 1.82) is 0 Å². The Morgan fingerprint density at radius 3 is 2.29 bits per heavy atom. The van der Waals surface area contributed by atoms with E-state index < -0.39 is 34.3 Å². The van der Waals surface area contributed by atoms with Gasteiger partial charge >= 0.3 is 0 Å². The van der Waals surface area contributed by atoms with Gasteiger partial charge in [0.25, 0.3) is 0 Å². The first kappa shape index (κ1) is 27.6. The summed E-state index contributed by atoms with van der Waals surface area (Å²) in [5, 5.41) is 3.28. The largest absolute Gasteiger partial charge is 0.354 e. The van der Waals surface area contributed by atoms with Crippen LogP contribution in [0, 0.1) is 5.82 Å². The van der Waals surface area contributed by atoms with Crippen LogP contribution in [-0.2, 0) is 26.2 Å². The summed E-state index contributed by atoms with van der Waals surface area (Å²) in [6.45, 7) is 3.75. The second kappa shape index (κ2) is 12.7. The number of carbonyl (C=O) groups is 2. The van der Waals surface area contributed by atoms with Crippen LogP contribution >= 0.6 is 11.6 Å². The molecule has 0 heterocycles. The van der Waals surface area contributed by atoms with Gasteiger partial charge in [0.2, 0.25) is 21.8 Å². The van der Waals surface area contributed by atoms with Crippen LogP contribution in [-0.4, -0.2) is 50.5 Å². The third-order valence-corrected chi connectivity index (χ3v) is 6.82. The van der Waals surface area contributed by atoms with Crippen LogP contribution in [0.1, 0.15) is 38.7 Å². The number of nitrogens with zero attached hydrogens (tertiary/aromatic N) is 2. The van der Waals surface area contributed by atoms with E-state index in [1.54, 1.807) is 31.2 Å². The highest BCUT2D eigenvalue weighted by Gasteiger charge is 2.32. The van der Waals surface area contributed by atoms with Crippen LogP contribution < -0.4 is 9.62 Å². The third-order valence-electron chi connectivity index (χ3n) is 5.31. The van der Waals surface area contributed by atoms with Crippen molar-refractivity contribution in [1.82, 2.24) is 10.2 Å². The van der Waals surface area contributed by atoms with Gasteiger partial charge in [0, 0.05) is 18.1 Å². The molecule has 0 aliphatic rings. The predicted molar refractivity (Wildman–Crippen MR) is 133 cm³/mol. The number of benzene rings is 2. The van der Waals surface area contributed by atoms with Crippen molar-refractivity contribution in [3.05, 3.63) is 64.9 Å². The molecule has 34 heavy (non-hydrogen) atoms. The summed E-state index contributed by atoms with van der Waals surface area (Å²) in [7, 11) is -3.87. The molecule has 1 N–H and O–H groups in total. The highest BCUT2D eigenvalue weighted by Crippen LogP contribution is 2.22. The zero-order chi connectivity index (χ0) is 25.3. The molecule has 0 aliphatic carbocycles. The van der Waals surface area contributed by atoms with Gasteiger partial charge < -0.3 is 10.2 Å². The Labute approximate surface area is 205 Å². The maximum Gasteiger partial charge on any atom is 0.244 e. The third kappa shape index (κ3) is 7.70. The number of anilines is 1. The van der Waals surface area contributed by atoms with Crippen LogP contribution in [0.2, 0.25) is 5.02 Å². The quantitative estimate of drug-likeness (QED) is 0.437. The van der Waals surface area contributed by atoms with Crippen molar-refractivity contribution >= 4 is 39.1 Å². The molecule has 0 saturated heterocycles. The molecule has 2 amide bonds. The lowest BCUT2D eigenvalue weighted by Crippen LogP contribution is -2.52. The Kier molecular flexibility index (Phi) is 10.3. The number of amides is 2. The Hall–Kier alpha value is -2.65. The van der Waals surface area contributed by atoms with Crippen molar-refractivity contribution in [3.63, 3.8) is 0 Å². The van der Waals surface area contributed by atoms with Gasteiger partial charge in [-0.1, -0.05) is 50.1 Å². The first-order chi connectivity index (χ1) is 16.1.